The van der Waals surface area contributed by atoms with Crippen molar-refractivity contribution in [3.8, 4) is 0 Å². The predicted molar refractivity (Wildman–Crippen MR) is 35.3 cm³/mol. The number of nitrogens with two attached hydrogens (primary N) is 1. The maximum Gasteiger partial charge on any atom is 0.177 e. The van der Waals surface area contributed by atoms with E-state index in [1.807, 2.05) is 0 Å². The number of hydrogen-bond acceptors (Lipinski definition) is 2. The van der Waals surface area contributed by atoms with Crippen molar-refractivity contribution in [2.45, 2.75) is 0 Å². The molecule has 48 valence electrons. The van der Waals surface area contributed by atoms with Crippen LogP contribution in [0.1, 0.15) is 4.88 Å². The van der Waals surface area contributed by atoms with Crippen LogP contribution in [0, 0.1) is 10.5 Å². The van der Waals surface area contributed by atoms with Gasteiger partial charge in [0, 0.05) is 0 Å². The molecule has 0 aromatic carbocycles. The van der Waals surface area contributed by atoms with Gasteiger partial charge in [-0.25, -0.2) is 0 Å². The van der Waals surface area contributed by atoms with E-state index in [0.717, 1.165) is 11.3 Å². The fourth-order valence-electron chi connectivity index (χ4n) is 0.459. The van der Waals surface area contributed by atoms with E-state index in [9.17, 15) is 4.39 Å². The van der Waals surface area contributed by atoms with E-state index in [4.69, 9.17) is 11.1 Å². The Kier molecular flexibility index (Phi) is 1.48. The maximum absolute atomic E-state index is 12.2. The Balaban J connectivity index is 2.98. The summed E-state index contributed by atoms with van der Waals surface area (Å²) in [6, 6.07) is 2.78. The lowest BCUT2D eigenvalue weighted by molar-refractivity contribution is 0.657. The molecule has 0 aliphatic rings. The molecule has 0 unspecified atom stereocenters. The molecule has 0 bridgehead atoms. The van der Waals surface area contributed by atoms with Crippen LogP contribution in [-0.4, -0.2) is 5.84 Å². The molecule has 3 N–H and O–H groups in total. The second kappa shape index (κ2) is 2.14. The van der Waals surface area contributed by atoms with Crippen molar-refractivity contribution < 1.29 is 4.39 Å². The minimum absolute atomic E-state index is 0.0797. The monoisotopic (exact) mass is 144 g/mol. The number of rotatable bonds is 1. The van der Waals surface area contributed by atoms with E-state index < -0.39 is 0 Å². The zero-order chi connectivity index (χ0) is 6.85. The lowest BCUT2D eigenvalue weighted by atomic mass is 10.4. The van der Waals surface area contributed by atoms with Crippen molar-refractivity contribution in [3.63, 3.8) is 0 Å². The summed E-state index contributed by atoms with van der Waals surface area (Å²) in [4.78, 5) is 0.479. The van der Waals surface area contributed by atoms with E-state index in [-0.39, 0.29) is 11.0 Å². The van der Waals surface area contributed by atoms with Crippen molar-refractivity contribution in [3.05, 3.63) is 22.1 Å². The Morgan fingerprint density at radius 2 is 2.33 bits per heavy atom. The van der Waals surface area contributed by atoms with Gasteiger partial charge in [0.25, 0.3) is 0 Å². The average Bonchev–Trinajstić information content (AvgIpc) is 2.14. The fourth-order valence-corrected chi connectivity index (χ4v) is 1.05. The van der Waals surface area contributed by atoms with E-state index in [2.05, 4.69) is 0 Å². The SMILES string of the molecule is N=C(N)c1ccc(F)s1. The first-order valence-corrected chi connectivity index (χ1v) is 3.11. The Morgan fingerprint density at radius 3 is 2.56 bits per heavy atom. The molecule has 0 saturated heterocycles. The van der Waals surface area contributed by atoms with Crippen LogP contribution in [0.15, 0.2) is 12.1 Å². The lowest BCUT2D eigenvalue weighted by Gasteiger charge is -1.85. The van der Waals surface area contributed by atoms with Crippen molar-refractivity contribution >= 4 is 17.2 Å². The highest BCUT2D eigenvalue weighted by Crippen LogP contribution is 2.12. The molecule has 0 spiro atoms. The van der Waals surface area contributed by atoms with Crippen LogP contribution in [0.5, 0.6) is 0 Å². The molecule has 1 heterocycles. The van der Waals surface area contributed by atoms with Gasteiger partial charge in [0.2, 0.25) is 0 Å². The van der Waals surface area contributed by atoms with Gasteiger partial charge in [0.05, 0.1) is 4.88 Å². The zero-order valence-corrected chi connectivity index (χ0v) is 5.33. The van der Waals surface area contributed by atoms with Crippen LogP contribution < -0.4 is 5.73 Å². The van der Waals surface area contributed by atoms with Crippen LogP contribution in [-0.2, 0) is 0 Å². The summed E-state index contributed by atoms with van der Waals surface area (Å²) in [5.74, 6) is -0.0797. The third kappa shape index (κ3) is 1.26. The molecule has 2 nitrogen and oxygen atoms in total. The van der Waals surface area contributed by atoms with E-state index in [1.54, 1.807) is 0 Å². The molecule has 0 aliphatic heterocycles. The third-order valence-electron chi connectivity index (χ3n) is 0.839. The molecular formula is C5H5FN2S. The van der Waals surface area contributed by atoms with Gasteiger partial charge in [0.1, 0.15) is 5.84 Å². The number of nitrogen functional groups attached to an aromatic ring is 1. The topological polar surface area (TPSA) is 49.9 Å². The molecular weight excluding hydrogens is 139 g/mol. The van der Waals surface area contributed by atoms with Crippen LogP contribution in [0.2, 0.25) is 0 Å². The summed E-state index contributed by atoms with van der Waals surface area (Å²) in [5.41, 5.74) is 5.05. The highest BCUT2D eigenvalue weighted by Gasteiger charge is 1.99. The van der Waals surface area contributed by atoms with Crippen molar-refractivity contribution in [1.29, 1.82) is 5.41 Å². The molecule has 4 heteroatoms. The second-order valence-electron chi connectivity index (χ2n) is 1.52. The standard InChI is InChI=1S/C5H5FN2S/c6-4-2-1-3(9-4)5(7)8/h1-2H,(H3,7,8). The molecule has 0 aliphatic carbocycles. The van der Waals surface area contributed by atoms with Gasteiger partial charge in [-0.15, -0.1) is 11.3 Å². The molecule has 1 rings (SSSR count). The number of nitrogens with one attached hydrogen (secondary N) is 1. The average molecular weight is 144 g/mol. The van der Waals surface area contributed by atoms with Gasteiger partial charge < -0.3 is 5.73 Å². The first-order chi connectivity index (χ1) is 4.20. The lowest BCUT2D eigenvalue weighted by Crippen LogP contribution is -2.08. The van der Waals surface area contributed by atoms with Crippen molar-refractivity contribution in [1.82, 2.24) is 0 Å². The third-order valence-corrected chi connectivity index (χ3v) is 1.75. The molecule has 9 heavy (non-hydrogen) atoms. The van der Waals surface area contributed by atoms with Gasteiger partial charge in [0.15, 0.2) is 5.13 Å². The molecule has 0 amide bonds. The summed E-state index contributed by atoms with van der Waals surface area (Å²) in [7, 11) is 0. The van der Waals surface area contributed by atoms with Crippen LogP contribution in [0.3, 0.4) is 0 Å². The number of halogens is 1. The Hall–Kier alpha value is -0.900. The Bertz CT molecular complexity index is 231. The molecule has 0 saturated carbocycles. The molecule has 0 fully saturated rings. The molecule has 1 aromatic heterocycles. The summed E-state index contributed by atoms with van der Waals surface area (Å²) in [6.45, 7) is 0. The largest absolute Gasteiger partial charge is 0.383 e. The van der Waals surface area contributed by atoms with Gasteiger partial charge in [-0.3, -0.25) is 5.41 Å². The summed E-state index contributed by atoms with van der Waals surface area (Å²) < 4.78 is 12.2. The minimum Gasteiger partial charge on any atom is -0.383 e. The smallest absolute Gasteiger partial charge is 0.177 e. The first kappa shape index (κ1) is 6.22. The number of amidine groups is 1. The predicted octanol–water partition coefficient (Wildman–Crippen LogP) is 1.17. The van der Waals surface area contributed by atoms with Gasteiger partial charge in [-0.1, -0.05) is 0 Å². The quantitative estimate of drug-likeness (QED) is 0.451. The highest BCUT2D eigenvalue weighted by atomic mass is 32.1. The number of hydrogen-bond donors (Lipinski definition) is 2. The minimum atomic E-state index is -0.305. The van der Waals surface area contributed by atoms with Crippen LogP contribution in [0.25, 0.3) is 0 Å². The zero-order valence-electron chi connectivity index (χ0n) is 4.52. The fraction of sp³-hybridized carbons (Fsp3) is 0. The first-order valence-electron chi connectivity index (χ1n) is 2.30. The maximum atomic E-state index is 12.2. The van der Waals surface area contributed by atoms with Gasteiger partial charge in [-0.05, 0) is 12.1 Å². The summed E-state index contributed by atoms with van der Waals surface area (Å²) >= 11 is 0.880. The molecule has 1 aromatic rings. The molecule has 0 atom stereocenters. The van der Waals surface area contributed by atoms with E-state index in [0.29, 0.717) is 4.88 Å². The molecule has 0 radical (unpaired) electrons. The second-order valence-corrected chi connectivity index (χ2v) is 2.55. The summed E-state index contributed by atoms with van der Waals surface area (Å²) in [5, 5.41) is 6.56. The summed E-state index contributed by atoms with van der Waals surface area (Å²) in [6.07, 6.45) is 0. The highest BCUT2D eigenvalue weighted by molar-refractivity contribution is 7.12. The Labute approximate surface area is 55.6 Å². The normalized spacial score (nSPS) is 9.44. The van der Waals surface area contributed by atoms with Gasteiger partial charge in [-0.2, -0.15) is 4.39 Å². The van der Waals surface area contributed by atoms with Crippen molar-refractivity contribution in [2.75, 3.05) is 0 Å². The van der Waals surface area contributed by atoms with Crippen LogP contribution >= 0.6 is 11.3 Å². The van der Waals surface area contributed by atoms with Gasteiger partial charge >= 0.3 is 0 Å². The van der Waals surface area contributed by atoms with E-state index in [1.165, 1.54) is 12.1 Å². The van der Waals surface area contributed by atoms with Crippen molar-refractivity contribution in [2.24, 2.45) is 5.73 Å². The number of thiophene rings is 1. The van der Waals surface area contributed by atoms with Crippen LogP contribution in [0.4, 0.5) is 4.39 Å². The van der Waals surface area contributed by atoms with E-state index >= 15 is 0 Å². The Morgan fingerprint density at radius 1 is 1.67 bits per heavy atom.